The van der Waals surface area contributed by atoms with Crippen molar-refractivity contribution in [2.24, 2.45) is 0 Å². The molecule has 1 aromatic heterocycles. The van der Waals surface area contributed by atoms with Crippen LogP contribution in [0.15, 0.2) is 126 Å². The van der Waals surface area contributed by atoms with Crippen LogP contribution in [0.5, 0.6) is 11.5 Å². The van der Waals surface area contributed by atoms with Crippen LogP contribution in [0.4, 0.5) is 16.2 Å². The Bertz CT molecular complexity index is 2460. The Morgan fingerprint density at radius 3 is 2.37 bits per heavy atom. The second-order valence-corrected chi connectivity index (χ2v) is 15.0. The van der Waals surface area contributed by atoms with Crippen LogP contribution in [0.25, 0.3) is 22.0 Å². The van der Waals surface area contributed by atoms with Gasteiger partial charge >= 0.3 is 6.09 Å². The minimum Gasteiger partial charge on any atom is -0.496 e. The fourth-order valence-corrected chi connectivity index (χ4v) is 7.58. The van der Waals surface area contributed by atoms with E-state index in [0.717, 1.165) is 22.3 Å². The second-order valence-electron chi connectivity index (χ2n) is 14.6. The number of likely N-dealkylation sites (tertiary alicyclic amines) is 1. The van der Waals surface area contributed by atoms with E-state index in [1.807, 2.05) is 84.9 Å². The van der Waals surface area contributed by atoms with Crippen LogP contribution >= 0.6 is 11.6 Å². The number of aromatic amines is 1. The number of H-pyrrole nitrogens is 1. The molecule has 0 saturated carbocycles. The van der Waals surface area contributed by atoms with E-state index in [0.29, 0.717) is 90.0 Å². The second kappa shape index (κ2) is 20.2. The molecule has 0 bridgehead atoms. The molecule has 5 N–H and O–H groups in total. The molecule has 1 aliphatic heterocycles. The number of nitrogens with one attached hydrogen (secondary N) is 4. The molecule has 7 rings (SSSR count). The number of hydrogen-bond acceptors (Lipinski definition) is 9. The summed E-state index contributed by atoms with van der Waals surface area (Å²) in [7, 11) is 1.54. The Morgan fingerprint density at radius 2 is 1.60 bits per heavy atom. The van der Waals surface area contributed by atoms with Crippen molar-refractivity contribution in [1.82, 2.24) is 15.2 Å². The summed E-state index contributed by atoms with van der Waals surface area (Å²) in [4.78, 5) is 43.2. The molecule has 310 valence electrons. The van der Waals surface area contributed by atoms with Crippen molar-refractivity contribution in [3.05, 3.63) is 153 Å². The lowest BCUT2D eigenvalue weighted by molar-refractivity contribution is -0.116. The van der Waals surface area contributed by atoms with Crippen LogP contribution in [-0.4, -0.2) is 66.4 Å². The van der Waals surface area contributed by atoms with Crippen molar-refractivity contribution in [1.29, 1.82) is 0 Å². The molecule has 0 spiro atoms. The summed E-state index contributed by atoms with van der Waals surface area (Å²) in [6, 6.07) is 37.3. The number of piperidine rings is 1. The van der Waals surface area contributed by atoms with Gasteiger partial charge in [-0.15, -0.1) is 0 Å². The maximum Gasteiger partial charge on any atom is 0.411 e. The number of aliphatic hydroxyl groups is 1. The van der Waals surface area contributed by atoms with Crippen LogP contribution in [0.3, 0.4) is 0 Å². The van der Waals surface area contributed by atoms with Crippen molar-refractivity contribution in [2.45, 2.75) is 44.6 Å². The molecular weight excluding hydrogens is 782 g/mol. The van der Waals surface area contributed by atoms with Gasteiger partial charge in [0, 0.05) is 67.8 Å². The summed E-state index contributed by atoms with van der Waals surface area (Å²) in [5, 5.41) is 21.4. The average Bonchev–Trinajstić information content (AvgIpc) is 3.27. The predicted octanol–water partition coefficient (Wildman–Crippen LogP) is 8.30. The van der Waals surface area contributed by atoms with Gasteiger partial charge in [0.05, 0.1) is 35.1 Å². The number of benzene rings is 5. The van der Waals surface area contributed by atoms with Gasteiger partial charge in [-0.05, 0) is 53.8 Å². The van der Waals surface area contributed by atoms with E-state index in [1.165, 1.54) is 6.07 Å². The van der Waals surface area contributed by atoms with E-state index in [2.05, 4.69) is 25.8 Å². The van der Waals surface area contributed by atoms with Gasteiger partial charge in [-0.1, -0.05) is 96.5 Å². The molecule has 12 nitrogen and oxygen atoms in total. The largest absolute Gasteiger partial charge is 0.496 e. The maximum atomic E-state index is 13.0. The van der Waals surface area contributed by atoms with E-state index in [1.54, 1.807) is 37.4 Å². The van der Waals surface area contributed by atoms with Crippen molar-refractivity contribution in [3.8, 4) is 22.6 Å². The van der Waals surface area contributed by atoms with E-state index in [-0.39, 0.29) is 30.5 Å². The fourth-order valence-electron chi connectivity index (χ4n) is 7.34. The van der Waals surface area contributed by atoms with Gasteiger partial charge in [0.2, 0.25) is 11.5 Å². The maximum absolute atomic E-state index is 13.0. The molecular formula is C47H48ClN5O7. The van der Waals surface area contributed by atoms with E-state index >= 15 is 0 Å². The molecule has 1 fully saturated rings. The van der Waals surface area contributed by atoms with Gasteiger partial charge in [0.1, 0.15) is 24.2 Å². The highest BCUT2D eigenvalue weighted by Gasteiger charge is 2.24. The summed E-state index contributed by atoms with van der Waals surface area (Å²) in [6.45, 7) is 2.78. The number of halogens is 1. The zero-order chi connectivity index (χ0) is 41.8. The Kier molecular flexibility index (Phi) is 14.1. The topological polar surface area (TPSA) is 154 Å². The molecule has 1 atom stereocenters. The third-order valence-corrected chi connectivity index (χ3v) is 10.8. The molecule has 5 aromatic carbocycles. The summed E-state index contributed by atoms with van der Waals surface area (Å²) in [5.41, 5.74) is 5.65. The number of anilines is 2. The Balaban J connectivity index is 0.864. The summed E-state index contributed by atoms with van der Waals surface area (Å²) >= 11 is 6.65. The summed E-state index contributed by atoms with van der Waals surface area (Å²) < 4.78 is 17.5. The molecule has 2 heterocycles. The van der Waals surface area contributed by atoms with Gasteiger partial charge in [0.25, 0.3) is 0 Å². The smallest absolute Gasteiger partial charge is 0.411 e. The number of fused-ring (bicyclic) bond motifs is 1. The van der Waals surface area contributed by atoms with Gasteiger partial charge in [-0.3, -0.25) is 14.9 Å². The molecule has 0 unspecified atom stereocenters. The van der Waals surface area contributed by atoms with Crippen molar-refractivity contribution in [3.63, 3.8) is 0 Å². The fraction of sp³-hybridized carbons (Fsp3) is 0.255. The minimum atomic E-state index is -0.909. The van der Waals surface area contributed by atoms with Crippen LogP contribution in [0.1, 0.15) is 42.1 Å². The van der Waals surface area contributed by atoms with Crippen molar-refractivity contribution < 1.29 is 28.9 Å². The van der Waals surface area contributed by atoms with Crippen molar-refractivity contribution in [2.75, 3.05) is 43.9 Å². The number of ether oxygens (including phenoxy) is 3. The SMILES string of the molecule is COc1cc(NC(=O)CCN2CCC(OC(=O)Nc3ccccc3-c3ccccc3)CC2)c(Cl)cc1CNC[C@H](O)c1ccc(OCc2ccccc2)c2[nH]c(=O)ccc12. The summed E-state index contributed by atoms with van der Waals surface area (Å²) in [5.74, 6) is 0.847. The Morgan fingerprint density at radius 1 is 0.867 bits per heavy atom. The van der Waals surface area contributed by atoms with E-state index in [9.17, 15) is 19.5 Å². The third-order valence-electron chi connectivity index (χ3n) is 10.5. The van der Waals surface area contributed by atoms with E-state index in [4.69, 9.17) is 25.8 Å². The lowest BCUT2D eigenvalue weighted by Crippen LogP contribution is -2.39. The molecule has 0 radical (unpaired) electrons. The molecule has 2 amide bonds. The predicted molar refractivity (Wildman–Crippen MR) is 235 cm³/mol. The number of para-hydroxylation sites is 1. The zero-order valence-electron chi connectivity index (χ0n) is 33.3. The Labute approximate surface area is 353 Å². The average molecular weight is 830 g/mol. The van der Waals surface area contributed by atoms with Crippen LogP contribution < -0.4 is 31.0 Å². The number of pyridine rings is 1. The minimum absolute atomic E-state index is 0.187. The number of methoxy groups -OCH3 is 1. The highest BCUT2D eigenvalue weighted by Crippen LogP contribution is 2.33. The molecule has 60 heavy (non-hydrogen) atoms. The first-order valence-electron chi connectivity index (χ1n) is 20.0. The first-order valence-corrected chi connectivity index (χ1v) is 20.3. The molecule has 1 saturated heterocycles. The molecule has 0 aliphatic carbocycles. The van der Waals surface area contributed by atoms with Crippen LogP contribution in [0.2, 0.25) is 5.02 Å². The summed E-state index contributed by atoms with van der Waals surface area (Å²) in [6.07, 6.45) is -0.0243. The number of carbonyl (C=O) groups excluding carboxylic acids is 2. The highest BCUT2D eigenvalue weighted by atomic mass is 35.5. The molecule has 1 aliphatic rings. The van der Waals surface area contributed by atoms with Gasteiger partial charge in [-0.25, -0.2) is 4.79 Å². The molecule has 13 heteroatoms. The van der Waals surface area contributed by atoms with E-state index < -0.39 is 12.2 Å². The Hall–Kier alpha value is -6.18. The van der Waals surface area contributed by atoms with Crippen LogP contribution in [-0.2, 0) is 22.7 Å². The number of hydrogen-bond donors (Lipinski definition) is 5. The van der Waals surface area contributed by atoms with Gasteiger partial charge < -0.3 is 39.8 Å². The quantitative estimate of drug-likeness (QED) is 0.0648. The lowest BCUT2D eigenvalue weighted by Gasteiger charge is -2.31. The normalized spacial score (nSPS) is 13.7. The van der Waals surface area contributed by atoms with Crippen molar-refractivity contribution >= 4 is 45.9 Å². The first kappa shape index (κ1) is 42.0. The lowest BCUT2D eigenvalue weighted by atomic mass is 10.0. The standard InChI is InChI=1S/C47H48ClN5O7/c1-58-43-27-40(50-45(56)22-25-53-23-20-34(21-24-53)60-47(57)51-39-15-9-8-14-35(39)32-12-6-3-7-13-32)38(48)26-33(43)28-49-29-41(54)36-16-18-42(46-37(36)17-19-44(55)52-46)59-30-31-10-4-2-5-11-31/h2-19,26-27,34,41,49,54H,20-25,28-30H2,1H3,(H,50,56)(H,51,57)(H,52,55)/t41-/m0/s1. The van der Waals surface area contributed by atoms with Crippen LogP contribution in [0, 0.1) is 0 Å². The highest BCUT2D eigenvalue weighted by molar-refractivity contribution is 6.33. The van der Waals surface area contributed by atoms with Gasteiger partial charge in [-0.2, -0.15) is 0 Å². The number of aliphatic hydroxyl groups excluding tert-OH is 1. The molecule has 6 aromatic rings. The number of aromatic nitrogens is 1. The third kappa shape index (κ3) is 10.9. The first-order chi connectivity index (χ1) is 29.2. The van der Waals surface area contributed by atoms with Gasteiger partial charge in [0.15, 0.2) is 0 Å². The number of rotatable bonds is 16. The number of nitrogens with zero attached hydrogens (tertiary/aromatic N) is 1. The monoisotopic (exact) mass is 829 g/mol. The zero-order valence-corrected chi connectivity index (χ0v) is 34.0. The number of carbonyl (C=O) groups is 2. The number of amides is 2.